The van der Waals surface area contributed by atoms with E-state index < -0.39 is 0 Å². The van der Waals surface area contributed by atoms with Gasteiger partial charge in [-0.3, -0.25) is 4.68 Å². The van der Waals surface area contributed by atoms with E-state index in [1.165, 1.54) is 37.1 Å². The van der Waals surface area contributed by atoms with Crippen LogP contribution in [0.25, 0.3) is 0 Å². The van der Waals surface area contributed by atoms with Crippen molar-refractivity contribution in [1.29, 1.82) is 0 Å². The van der Waals surface area contributed by atoms with Crippen molar-refractivity contribution in [3.63, 3.8) is 0 Å². The highest BCUT2D eigenvalue weighted by atomic mass is 15.3. The van der Waals surface area contributed by atoms with Gasteiger partial charge in [0.25, 0.3) is 0 Å². The molecule has 1 N–H and O–H groups in total. The van der Waals surface area contributed by atoms with E-state index in [1.807, 2.05) is 4.68 Å². The predicted molar refractivity (Wildman–Crippen MR) is 77.9 cm³/mol. The van der Waals surface area contributed by atoms with E-state index in [-0.39, 0.29) is 0 Å². The fraction of sp³-hybridized carbons (Fsp3) is 0.800. The summed E-state index contributed by atoms with van der Waals surface area (Å²) in [6.07, 6.45) is 7.17. The third-order valence-corrected chi connectivity index (χ3v) is 3.43. The van der Waals surface area contributed by atoms with Gasteiger partial charge >= 0.3 is 0 Å². The minimum Gasteiger partial charge on any atom is -0.314 e. The maximum atomic E-state index is 4.53. The molecule has 0 spiro atoms. The van der Waals surface area contributed by atoms with Crippen molar-refractivity contribution in [1.82, 2.24) is 15.1 Å². The summed E-state index contributed by atoms with van der Waals surface area (Å²) in [5.74, 6) is 0. The summed E-state index contributed by atoms with van der Waals surface area (Å²) < 4.78 is 2.05. The van der Waals surface area contributed by atoms with E-state index >= 15 is 0 Å². The molecule has 1 unspecified atom stereocenters. The first-order valence-electron chi connectivity index (χ1n) is 7.46. The summed E-state index contributed by atoms with van der Waals surface area (Å²) in [5, 5.41) is 8.20. The van der Waals surface area contributed by atoms with Gasteiger partial charge in [0.1, 0.15) is 0 Å². The third-order valence-electron chi connectivity index (χ3n) is 3.43. The zero-order valence-electron chi connectivity index (χ0n) is 12.5. The standard InChI is InChI=1S/C15H29N3/c1-5-8-9-14(16-10-6-2)12-15-11-13(7-3)17-18(15)4/h11,14,16H,5-10,12H2,1-4H3. The van der Waals surface area contributed by atoms with E-state index in [0.717, 1.165) is 19.4 Å². The number of nitrogens with one attached hydrogen (secondary N) is 1. The highest BCUT2D eigenvalue weighted by Crippen LogP contribution is 2.11. The van der Waals surface area contributed by atoms with Crippen LogP contribution in [-0.2, 0) is 19.9 Å². The molecule has 0 amide bonds. The zero-order chi connectivity index (χ0) is 13.4. The van der Waals surface area contributed by atoms with Crippen LogP contribution in [0.5, 0.6) is 0 Å². The summed E-state index contributed by atoms with van der Waals surface area (Å²) in [6.45, 7) is 7.77. The molecular weight excluding hydrogens is 222 g/mol. The van der Waals surface area contributed by atoms with Gasteiger partial charge in [-0.25, -0.2) is 0 Å². The first-order valence-corrected chi connectivity index (χ1v) is 7.46. The molecule has 18 heavy (non-hydrogen) atoms. The minimum absolute atomic E-state index is 0.602. The van der Waals surface area contributed by atoms with Crippen molar-refractivity contribution < 1.29 is 0 Å². The average molecular weight is 251 g/mol. The van der Waals surface area contributed by atoms with Crippen LogP contribution in [0.4, 0.5) is 0 Å². The average Bonchev–Trinajstić information content (AvgIpc) is 2.73. The maximum absolute atomic E-state index is 4.53. The molecule has 1 rings (SSSR count). The number of hydrogen-bond acceptors (Lipinski definition) is 2. The Morgan fingerprint density at radius 2 is 2.06 bits per heavy atom. The first-order chi connectivity index (χ1) is 8.71. The Bertz CT molecular complexity index is 322. The van der Waals surface area contributed by atoms with E-state index in [4.69, 9.17) is 0 Å². The van der Waals surface area contributed by atoms with Crippen molar-refractivity contribution >= 4 is 0 Å². The van der Waals surface area contributed by atoms with Crippen LogP contribution in [0.3, 0.4) is 0 Å². The summed E-state index contributed by atoms with van der Waals surface area (Å²) in [6, 6.07) is 2.86. The molecule has 0 fully saturated rings. The molecule has 1 atom stereocenters. The van der Waals surface area contributed by atoms with Crippen LogP contribution in [-0.4, -0.2) is 22.4 Å². The lowest BCUT2D eigenvalue weighted by atomic mass is 10.0. The van der Waals surface area contributed by atoms with Gasteiger partial charge in [-0.2, -0.15) is 5.10 Å². The van der Waals surface area contributed by atoms with E-state index in [9.17, 15) is 0 Å². The van der Waals surface area contributed by atoms with Crippen molar-refractivity contribution in [3.05, 3.63) is 17.5 Å². The molecule has 0 aliphatic rings. The van der Waals surface area contributed by atoms with E-state index in [2.05, 4.69) is 44.3 Å². The SMILES string of the molecule is CCCCC(Cc1cc(CC)nn1C)NCCC. The van der Waals surface area contributed by atoms with Crippen LogP contribution in [0, 0.1) is 0 Å². The Morgan fingerprint density at radius 1 is 1.28 bits per heavy atom. The van der Waals surface area contributed by atoms with E-state index in [1.54, 1.807) is 0 Å². The van der Waals surface area contributed by atoms with Gasteiger partial charge in [-0.1, -0.05) is 33.6 Å². The van der Waals surface area contributed by atoms with Gasteiger partial charge < -0.3 is 5.32 Å². The minimum atomic E-state index is 0.602. The first kappa shape index (κ1) is 15.2. The highest BCUT2D eigenvalue weighted by molar-refractivity contribution is 5.11. The van der Waals surface area contributed by atoms with Gasteiger partial charge in [0.2, 0.25) is 0 Å². The summed E-state index contributed by atoms with van der Waals surface area (Å²) >= 11 is 0. The molecular formula is C15H29N3. The normalized spacial score (nSPS) is 12.9. The van der Waals surface area contributed by atoms with Crippen LogP contribution in [0.15, 0.2) is 6.07 Å². The molecule has 104 valence electrons. The van der Waals surface area contributed by atoms with Crippen LogP contribution in [0.2, 0.25) is 0 Å². The number of unbranched alkanes of at least 4 members (excludes halogenated alkanes) is 1. The van der Waals surface area contributed by atoms with Gasteiger partial charge in [0.05, 0.1) is 5.69 Å². The second-order valence-electron chi connectivity index (χ2n) is 5.10. The molecule has 3 nitrogen and oxygen atoms in total. The molecule has 0 saturated carbocycles. The lowest BCUT2D eigenvalue weighted by Crippen LogP contribution is -2.32. The van der Waals surface area contributed by atoms with Gasteiger partial charge in [0, 0.05) is 25.2 Å². The molecule has 1 heterocycles. The molecule has 0 saturated heterocycles. The second-order valence-corrected chi connectivity index (χ2v) is 5.10. The molecule has 0 bridgehead atoms. The largest absolute Gasteiger partial charge is 0.314 e. The van der Waals surface area contributed by atoms with Crippen molar-refractivity contribution in [2.45, 2.75) is 65.3 Å². The Kier molecular flexibility index (Phi) is 7.02. The molecule has 0 radical (unpaired) electrons. The van der Waals surface area contributed by atoms with Crippen LogP contribution >= 0.6 is 0 Å². The summed E-state index contributed by atoms with van der Waals surface area (Å²) in [4.78, 5) is 0. The maximum Gasteiger partial charge on any atom is 0.0624 e. The Labute approximate surface area is 112 Å². The lowest BCUT2D eigenvalue weighted by molar-refractivity contribution is 0.451. The molecule has 0 aliphatic carbocycles. The number of hydrogen-bond donors (Lipinski definition) is 1. The number of aromatic nitrogens is 2. The van der Waals surface area contributed by atoms with Gasteiger partial charge in [0.15, 0.2) is 0 Å². The molecule has 3 heteroatoms. The Morgan fingerprint density at radius 3 is 2.61 bits per heavy atom. The third kappa shape index (κ3) is 4.81. The van der Waals surface area contributed by atoms with Crippen LogP contribution < -0.4 is 5.32 Å². The van der Waals surface area contributed by atoms with Crippen LogP contribution in [0.1, 0.15) is 57.8 Å². The monoisotopic (exact) mass is 251 g/mol. The smallest absolute Gasteiger partial charge is 0.0624 e. The quantitative estimate of drug-likeness (QED) is 0.731. The highest BCUT2D eigenvalue weighted by Gasteiger charge is 2.12. The summed E-state index contributed by atoms with van der Waals surface area (Å²) in [7, 11) is 2.06. The lowest BCUT2D eigenvalue weighted by Gasteiger charge is -2.18. The fourth-order valence-corrected chi connectivity index (χ4v) is 2.26. The van der Waals surface area contributed by atoms with Gasteiger partial charge in [-0.15, -0.1) is 0 Å². The number of nitrogens with zero attached hydrogens (tertiary/aromatic N) is 2. The van der Waals surface area contributed by atoms with Crippen molar-refractivity contribution in [3.8, 4) is 0 Å². The second kappa shape index (κ2) is 8.30. The molecule has 1 aromatic heterocycles. The fourth-order valence-electron chi connectivity index (χ4n) is 2.26. The Hall–Kier alpha value is -0.830. The number of rotatable bonds is 9. The summed E-state index contributed by atoms with van der Waals surface area (Å²) in [5.41, 5.74) is 2.56. The molecule has 0 aromatic carbocycles. The van der Waals surface area contributed by atoms with Gasteiger partial charge in [-0.05, 0) is 31.9 Å². The van der Waals surface area contributed by atoms with Crippen molar-refractivity contribution in [2.75, 3.05) is 6.54 Å². The predicted octanol–water partition coefficient (Wildman–Crippen LogP) is 3.08. The Balaban J connectivity index is 2.59. The molecule has 1 aromatic rings. The van der Waals surface area contributed by atoms with Crippen molar-refractivity contribution in [2.24, 2.45) is 7.05 Å². The number of aryl methyl sites for hydroxylation is 2. The molecule has 0 aliphatic heterocycles. The van der Waals surface area contributed by atoms with E-state index in [0.29, 0.717) is 6.04 Å². The zero-order valence-corrected chi connectivity index (χ0v) is 12.5. The topological polar surface area (TPSA) is 29.9 Å².